The van der Waals surface area contributed by atoms with Crippen LogP contribution in [0.15, 0.2) is 48.8 Å². The number of nitrogens with two attached hydrogens (primary N) is 1. The fraction of sp³-hybridized carbons (Fsp3) is 0.125. The molecule has 21 heavy (non-hydrogen) atoms. The lowest BCUT2D eigenvalue weighted by molar-refractivity contribution is 0.0940. The zero-order valence-electron chi connectivity index (χ0n) is 11.6. The maximum Gasteiger partial charge on any atom is 0.251 e. The zero-order chi connectivity index (χ0) is 14.8. The monoisotopic (exact) mass is 280 g/mol. The number of nitrogen functional groups attached to an aromatic ring is 1. The first-order valence-electron chi connectivity index (χ1n) is 6.73. The first-order chi connectivity index (χ1) is 10.1. The van der Waals surface area contributed by atoms with E-state index in [4.69, 9.17) is 5.73 Å². The minimum Gasteiger partial charge on any atom is -0.399 e. The molecule has 5 nitrogen and oxygen atoms in total. The van der Waals surface area contributed by atoms with Gasteiger partial charge in [-0.1, -0.05) is 12.1 Å². The number of nitrogens with one attached hydrogen (secondary N) is 2. The molecule has 4 N–H and O–H groups in total. The third-order valence-electron chi connectivity index (χ3n) is 3.47. The number of carbonyl (C=O) groups is 1. The van der Waals surface area contributed by atoms with Gasteiger partial charge < -0.3 is 16.0 Å². The highest BCUT2D eigenvalue weighted by Crippen LogP contribution is 2.16. The van der Waals surface area contributed by atoms with E-state index in [0.717, 1.165) is 16.6 Å². The minimum absolute atomic E-state index is 0.0874. The number of aromatic nitrogens is 2. The van der Waals surface area contributed by atoms with E-state index in [1.165, 1.54) is 0 Å². The molecule has 0 fully saturated rings. The summed E-state index contributed by atoms with van der Waals surface area (Å²) in [5.74, 6) is -0.115. The van der Waals surface area contributed by atoms with E-state index >= 15 is 0 Å². The second kappa shape index (κ2) is 5.28. The number of anilines is 1. The van der Waals surface area contributed by atoms with Gasteiger partial charge in [0.25, 0.3) is 5.91 Å². The van der Waals surface area contributed by atoms with Gasteiger partial charge in [-0.15, -0.1) is 0 Å². The van der Waals surface area contributed by atoms with Crippen molar-refractivity contribution >= 4 is 22.6 Å². The van der Waals surface area contributed by atoms with Crippen molar-refractivity contribution in [2.45, 2.75) is 13.0 Å². The van der Waals surface area contributed by atoms with E-state index in [0.29, 0.717) is 11.3 Å². The smallest absolute Gasteiger partial charge is 0.251 e. The molecular weight excluding hydrogens is 264 g/mol. The van der Waals surface area contributed by atoms with Crippen molar-refractivity contribution in [2.75, 3.05) is 5.73 Å². The molecule has 3 rings (SSSR count). The highest BCUT2D eigenvalue weighted by Gasteiger charge is 2.12. The van der Waals surface area contributed by atoms with Crippen molar-refractivity contribution in [1.29, 1.82) is 0 Å². The number of amides is 1. The first kappa shape index (κ1) is 13.2. The number of hydrogen-bond acceptors (Lipinski definition) is 3. The maximum atomic E-state index is 12.3. The van der Waals surface area contributed by atoms with Crippen LogP contribution in [0.1, 0.15) is 28.9 Å². The highest BCUT2D eigenvalue weighted by atomic mass is 16.1. The van der Waals surface area contributed by atoms with E-state index in [9.17, 15) is 4.79 Å². The van der Waals surface area contributed by atoms with Crippen LogP contribution in [0.3, 0.4) is 0 Å². The molecule has 1 amide bonds. The molecule has 106 valence electrons. The Hall–Kier alpha value is -2.82. The summed E-state index contributed by atoms with van der Waals surface area (Å²) in [7, 11) is 0. The van der Waals surface area contributed by atoms with E-state index in [1.54, 1.807) is 18.5 Å². The lowest BCUT2D eigenvalue weighted by Gasteiger charge is -2.14. The van der Waals surface area contributed by atoms with Crippen molar-refractivity contribution < 1.29 is 4.79 Å². The average molecular weight is 280 g/mol. The molecule has 0 aliphatic rings. The molecule has 0 saturated heterocycles. The molecule has 0 radical (unpaired) electrons. The molecule has 0 saturated carbocycles. The third-order valence-corrected chi connectivity index (χ3v) is 3.47. The Kier molecular flexibility index (Phi) is 3.31. The number of fused-ring (bicyclic) bond motifs is 1. The number of H-pyrrole nitrogens is 1. The van der Waals surface area contributed by atoms with Crippen LogP contribution in [-0.4, -0.2) is 15.9 Å². The summed E-state index contributed by atoms with van der Waals surface area (Å²) in [5.41, 5.74) is 9.69. The lowest BCUT2D eigenvalue weighted by Crippen LogP contribution is -2.26. The molecule has 1 aromatic heterocycles. The van der Waals surface area contributed by atoms with Crippen LogP contribution in [0.25, 0.3) is 11.0 Å². The van der Waals surface area contributed by atoms with Crippen LogP contribution < -0.4 is 11.1 Å². The van der Waals surface area contributed by atoms with Crippen LogP contribution in [0.4, 0.5) is 5.69 Å². The van der Waals surface area contributed by atoms with Gasteiger partial charge in [0.05, 0.1) is 23.4 Å². The van der Waals surface area contributed by atoms with Gasteiger partial charge >= 0.3 is 0 Å². The van der Waals surface area contributed by atoms with Gasteiger partial charge in [-0.3, -0.25) is 4.79 Å². The van der Waals surface area contributed by atoms with Crippen LogP contribution in [-0.2, 0) is 0 Å². The maximum absolute atomic E-state index is 12.3. The zero-order valence-corrected chi connectivity index (χ0v) is 11.6. The number of imidazole rings is 1. The fourth-order valence-corrected chi connectivity index (χ4v) is 2.22. The summed E-state index contributed by atoms with van der Waals surface area (Å²) < 4.78 is 0. The van der Waals surface area contributed by atoms with Crippen molar-refractivity contribution in [3.63, 3.8) is 0 Å². The normalized spacial score (nSPS) is 12.2. The molecule has 1 atom stereocenters. The molecule has 0 aliphatic heterocycles. The second-order valence-corrected chi connectivity index (χ2v) is 5.00. The van der Waals surface area contributed by atoms with Crippen molar-refractivity contribution in [3.8, 4) is 0 Å². The van der Waals surface area contributed by atoms with Gasteiger partial charge in [0, 0.05) is 11.3 Å². The summed E-state index contributed by atoms with van der Waals surface area (Å²) in [6.07, 6.45) is 1.61. The average Bonchev–Trinajstić information content (AvgIpc) is 2.95. The van der Waals surface area contributed by atoms with E-state index in [-0.39, 0.29) is 11.9 Å². The summed E-state index contributed by atoms with van der Waals surface area (Å²) in [4.78, 5) is 19.4. The molecule has 2 aromatic carbocycles. The van der Waals surface area contributed by atoms with Crippen LogP contribution in [0.2, 0.25) is 0 Å². The minimum atomic E-state index is -0.115. The van der Waals surface area contributed by atoms with E-state index in [1.807, 2.05) is 37.3 Å². The van der Waals surface area contributed by atoms with Crippen molar-refractivity contribution in [2.24, 2.45) is 0 Å². The van der Waals surface area contributed by atoms with Crippen LogP contribution in [0.5, 0.6) is 0 Å². The van der Waals surface area contributed by atoms with Crippen molar-refractivity contribution in [1.82, 2.24) is 15.3 Å². The second-order valence-electron chi connectivity index (χ2n) is 5.00. The fourth-order valence-electron chi connectivity index (χ4n) is 2.22. The van der Waals surface area contributed by atoms with Crippen molar-refractivity contribution in [3.05, 3.63) is 59.9 Å². The van der Waals surface area contributed by atoms with Gasteiger partial charge in [-0.05, 0) is 42.8 Å². The number of hydrogen-bond donors (Lipinski definition) is 3. The Balaban J connectivity index is 1.77. The van der Waals surface area contributed by atoms with Gasteiger partial charge in [-0.2, -0.15) is 0 Å². The van der Waals surface area contributed by atoms with E-state index < -0.39 is 0 Å². The van der Waals surface area contributed by atoms with Gasteiger partial charge in [0.15, 0.2) is 0 Å². The summed E-state index contributed by atoms with van der Waals surface area (Å²) >= 11 is 0. The predicted molar refractivity (Wildman–Crippen MR) is 82.8 cm³/mol. The largest absolute Gasteiger partial charge is 0.399 e. The third kappa shape index (κ3) is 2.72. The molecular formula is C16H16N4O. The summed E-state index contributed by atoms with van der Waals surface area (Å²) in [5, 5.41) is 2.97. The SMILES string of the molecule is CC(NC(=O)c1ccc2nc[nH]c2c1)c1ccc(N)cc1. The molecule has 3 aromatic rings. The number of carbonyl (C=O) groups excluding carboxylic acids is 1. The number of benzene rings is 2. The molecule has 1 heterocycles. The summed E-state index contributed by atoms with van der Waals surface area (Å²) in [6.45, 7) is 1.94. The quantitative estimate of drug-likeness (QED) is 0.645. The van der Waals surface area contributed by atoms with Gasteiger partial charge in [-0.25, -0.2) is 4.98 Å². The predicted octanol–water partition coefficient (Wildman–Crippen LogP) is 2.64. The Morgan fingerprint density at radius 1 is 1.24 bits per heavy atom. The Labute approximate surface area is 122 Å². The molecule has 0 bridgehead atoms. The topological polar surface area (TPSA) is 83.8 Å². The van der Waals surface area contributed by atoms with Crippen LogP contribution in [0, 0.1) is 0 Å². The van der Waals surface area contributed by atoms with Gasteiger partial charge in [0.1, 0.15) is 0 Å². The number of nitrogens with zero attached hydrogens (tertiary/aromatic N) is 1. The highest BCUT2D eigenvalue weighted by molar-refractivity contribution is 5.97. The Morgan fingerprint density at radius 2 is 2.00 bits per heavy atom. The molecule has 5 heteroatoms. The molecule has 0 spiro atoms. The number of aromatic amines is 1. The van der Waals surface area contributed by atoms with Gasteiger partial charge in [0.2, 0.25) is 0 Å². The Morgan fingerprint density at radius 3 is 2.76 bits per heavy atom. The summed E-state index contributed by atoms with van der Waals surface area (Å²) in [6, 6.07) is 12.8. The standard InChI is InChI=1S/C16H16N4O/c1-10(11-2-5-13(17)6-3-11)20-16(21)12-4-7-14-15(8-12)19-9-18-14/h2-10H,17H2,1H3,(H,18,19)(H,20,21). The first-order valence-corrected chi connectivity index (χ1v) is 6.73. The molecule has 1 unspecified atom stereocenters. The molecule has 0 aliphatic carbocycles. The lowest BCUT2D eigenvalue weighted by atomic mass is 10.1. The number of rotatable bonds is 3. The van der Waals surface area contributed by atoms with Crippen LogP contribution >= 0.6 is 0 Å². The Bertz CT molecular complexity index is 776. The van der Waals surface area contributed by atoms with E-state index in [2.05, 4.69) is 15.3 Å².